The molecular weight excluding hydrogens is 1640 g/mol. The minimum atomic E-state index is -1.26. The molecule has 0 spiro atoms. The number of unbranched alkanes of at least 4 members (excludes halogenated alkanes) is 26. The van der Waals surface area contributed by atoms with Crippen LogP contribution in [0.25, 0.3) is 22.3 Å². The van der Waals surface area contributed by atoms with Gasteiger partial charge in [-0.3, -0.25) is 57.5 Å². The number of carbonyl (C=O) groups excluding carboxylic acids is 12. The highest BCUT2D eigenvalue weighted by atomic mass is 16.3. The number of amides is 8. The molecule has 2 heterocycles. The molecule has 11 N–H and O–H groups in total. The van der Waals surface area contributed by atoms with Gasteiger partial charge in [0, 0.05) is 132 Å². The number of likely N-dealkylation sites (N-methyl/N-ethyl adjacent to an activating group) is 4. The fourth-order valence-corrected chi connectivity index (χ4v) is 17.2. The zero-order valence-electron chi connectivity index (χ0n) is 79.3. The Morgan fingerprint density at radius 1 is 0.372 bits per heavy atom. The first kappa shape index (κ1) is 110. The number of rotatable bonds is 53. The van der Waals surface area contributed by atoms with E-state index in [0.717, 1.165) is 68.9 Å². The van der Waals surface area contributed by atoms with Gasteiger partial charge in [0.15, 0.2) is 23.1 Å². The van der Waals surface area contributed by atoms with E-state index in [2.05, 4.69) is 42.0 Å². The number of hydrogen-bond donors (Lipinski definition) is 11. The van der Waals surface area contributed by atoms with E-state index in [0.29, 0.717) is 54.4 Å². The van der Waals surface area contributed by atoms with Crippen molar-refractivity contribution in [3.05, 3.63) is 95.1 Å². The largest absolute Gasteiger partial charge is 0.507 e. The minimum Gasteiger partial charge on any atom is -0.507 e. The van der Waals surface area contributed by atoms with Crippen molar-refractivity contribution >= 4 is 70.4 Å². The quantitative estimate of drug-likeness (QED) is 0.0183. The fraction of sp³-hybridized carbons (Fsp3) is 0.647. The van der Waals surface area contributed by atoms with E-state index in [4.69, 9.17) is 0 Å². The second-order valence-electron chi connectivity index (χ2n) is 36.2. The zero-order chi connectivity index (χ0) is 95.1. The number of Topliss-reactive ketones (excluding diaryl/α,β-unsaturated/α-hetero) is 4. The molecule has 4 aromatic rings. The molecule has 10 atom stereocenters. The second-order valence-corrected chi connectivity index (χ2v) is 36.2. The molecule has 0 saturated heterocycles. The van der Waals surface area contributed by atoms with Crippen LogP contribution in [0.1, 0.15) is 340 Å². The highest BCUT2D eigenvalue weighted by molar-refractivity contribution is 5.99. The number of hydrogen-bond acceptors (Lipinski definition) is 19. The van der Waals surface area contributed by atoms with Gasteiger partial charge in [-0.25, -0.2) is 0 Å². The summed E-state index contributed by atoms with van der Waals surface area (Å²) in [6, 6.07) is 11.2. The van der Waals surface area contributed by atoms with Gasteiger partial charge in [0.25, 0.3) is 0 Å². The Morgan fingerprint density at radius 2 is 0.667 bits per heavy atom. The lowest BCUT2D eigenvalue weighted by molar-refractivity contribution is -0.142. The summed E-state index contributed by atoms with van der Waals surface area (Å²) in [5.41, 5.74) is 3.37. The molecule has 0 radical (unpaired) electrons. The van der Waals surface area contributed by atoms with Crippen LogP contribution >= 0.6 is 0 Å². The number of phenols is 4. The number of carbonyl (C=O) groups is 12. The van der Waals surface area contributed by atoms with Crippen LogP contribution < -0.4 is 21.3 Å². The van der Waals surface area contributed by atoms with Gasteiger partial charge >= 0.3 is 0 Å². The maximum absolute atomic E-state index is 14.4. The second kappa shape index (κ2) is 59.7. The Morgan fingerprint density at radius 3 is 0.984 bits per heavy atom. The smallest absolute Gasteiger partial charge is 0.245 e. The molecule has 0 aromatic heterocycles. The first-order chi connectivity index (χ1) is 61.7. The molecular formula is C102H156N8O19. The molecule has 2 aliphatic heterocycles. The van der Waals surface area contributed by atoms with Crippen molar-refractivity contribution < 1.29 is 93.3 Å². The Kier molecular flexibility index (Phi) is 50.8. The van der Waals surface area contributed by atoms with E-state index >= 15 is 0 Å². The number of aromatic hydroxyl groups is 4. The third-order valence-corrected chi connectivity index (χ3v) is 25.4. The van der Waals surface area contributed by atoms with Crippen molar-refractivity contribution in [1.29, 1.82) is 0 Å². The lowest BCUT2D eigenvalue weighted by atomic mass is 9.87. The highest BCUT2D eigenvalue weighted by Crippen LogP contribution is 2.42. The van der Waals surface area contributed by atoms with E-state index in [1.54, 1.807) is 30.3 Å². The number of aliphatic hydroxyl groups excluding tert-OH is 3. The van der Waals surface area contributed by atoms with Crippen molar-refractivity contribution in [2.75, 3.05) is 48.0 Å². The molecule has 6 rings (SSSR count). The fourth-order valence-electron chi connectivity index (χ4n) is 17.2. The van der Waals surface area contributed by atoms with Crippen LogP contribution in [-0.4, -0.2) is 210 Å². The third kappa shape index (κ3) is 37.3. The molecule has 0 aliphatic carbocycles. The van der Waals surface area contributed by atoms with Crippen molar-refractivity contribution in [3.8, 4) is 45.3 Å². The molecule has 0 unspecified atom stereocenters. The minimum absolute atomic E-state index is 0.0958. The Balaban J connectivity index is 0.000000457. The van der Waals surface area contributed by atoms with Gasteiger partial charge in [0.2, 0.25) is 47.3 Å². The summed E-state index contributed by atoms with van der Waals surface area (Å²) in [5, 5.41) is 84.7. The molecule has 0 saturated carbocycles. The monoisotopic (exact) mass is 1800 g/mol. The molecule has 2 aliphatic rings. The molecule has 27 nitrogen and oxygen atoms in total. The third-order valence-electron chi connectivity index (χ3n) is 25.4. The van der Waals surface area contributed by atoms with Gasteiger partial charge in [-0.05, 0) is 143 Å². The summed E-state index contributed by atoms with van der Waals surface area (Å²) in [5.74, 6) is -7.50. The van der Waals surface area contributed by atoms with Crippen LogP contribution in [0.4, 0.5) is 0 Å². The first-order valence-corrected chi connectivity index (χ1v) is 48.2. The number of phenolic OH excluding ortho intramolecular Hbond substituents is 4. The van der Waals surface area contributed by atoms with E-state index in [-0.39, 0.29) is 141 Å². The lowest BCUT2D eigenvalue weighted by Crippen LogP contribution is -2.53. The van der Waals surface area contributed by atoms with Crippen LogP contribution in [-0.2, 0) is 70.4 Å². The maximum Gasteiger partial charge on any atom is 0.245 e. The standard InChI is InChI=1S/C52H80N4O9.C50H76N4O10/c1-7-9-11-12-13-14-15-16-17-18-19-20-22-24-48(62)55(5)43(35-57)52(65)54-37(4)44(58)29-30-49(63)56(6)50-39-26-28-46(60)42(33-39)41-32-38(25-27-45(41)59)31-36(3)53-51(64)40(34-47(50)61)23-21-10-8-2;1-6-7-8-9-10-11-12-13-14-15-16-17-18-21-46(61)53(4)41(33-56)50(64)52-35(3)42(57)26-27-47(62)54(5)48-37-23-25-44(59)40(31-37)39-30-36(22-24-43(39)58)29-34(2)51-49(63)38(20-19-28-55)32-45(48)60/h25-28,32-33,36-37,40,43,50,57,59-60H,7-24,29-31,34-35H2,1-6H3,(H,53,64)(H,54,65);22-25,30-31,34-35,38,41,48,55-56,58-59H,6-21,26-29,32-33H2,1-5H3,(H,51,63)(H,52,64)/t36-,37-,40-,43-,50+;34-,35-,38-,41-,48+/m11/s1. The zero-order valence-corrected chi connectivity index (χ0v) is 79.3. The Bertz CT molecular complexity index is 4210. The summed E-state index contributed by atoms with van der Waals surface area (Å²) in [4.78, 5) is 168. The maximum atomic E-state index is 14.4. The summed E-state index contributed by atoms with van der Waals surface area (Å²) in [6.45, 7) is 11.7. The number of ketones is 4. The van der Waals surface area contributed by atoms with Crippen molar-refractivity contribution in [1.82, 2.24) is 40.9 Å². The predicted molar refractivity (Wildman–Crippen MR) is 502 cm³/mol. The normalized spacial score (nSPS) is 17.4. The molecule has 8 amide bonds. The van der Waals surface area contributed by atoms with Gasteiger partial charge in [0.1, 0.15) is 47.2 Å². The number of aliphatic hydroxyl groups is 3. The van der Waals surface area contributed by atoms with Crippen molar-refractivity contribution in [3.63, 3.8) is 0 Å². The van der Waals surface area contributed by atoms with Crippen molar-refractivity contribution in [2.24, 2.45) is 11.8 Å². The van der Waals surface area contributed by atoms with Crippen molar-refractivity contribution in [2.45, 2.75) is 366 Å². The van der Waals surface area contributed by atoms with Gasteiger partial charge in [-0.15, -0.1) is 0 Å². The van der Waals surface area contributed by atoms with Gasteiger partial charge in [-0.2, -0.15) is 0 Å². The molecule has 8 bridgehead atoms. The van der Waals surface area contributed by atoms with Crippen LogP contribution in [0.5, 0.6) is 23.0 Å². The predicted octanol–water partition coefficient (Wildman–Crippen LogP) is 15.5. The summed E-state index contributed by atoms with van der Waals surface area (Å²) in [7, 11) is 5.79. The Labute approximate surface area is 767 Å². The molecule has 0 fully saturated rings. The lowest BCUT2D eigenvalue weighted by Gasteiger charge is -2.30. The summed E-state index contributed by atoms with van der Waals surface area (Å²) < 4.78 is 0. The van der Waals surface area contributed by atoms with E-state index in [1.165, 1.54) is 220 Å². The number of nitrogens with zero attached hydrogens (tertiary/aromatic N) is 4. The molecule has 4 aromatic carbocycles. The number of benzene rings is 4. The number of nitrogens with one attached hydrogen (secondary N) is 4. The van der Waals surface area contributed by atoms with E-state index in [9.17, 15) is 93.3 Å². The number of fused-ring (bicyclic) bond motifs is 10. The van der Waals surface area contributed by atoms with Gasteiger partial charge in [0.05, 0.1) is 25.3 Å². The van der Waals surface area contributed by atoms with Crippen LogP contribution in [0.15, 0.2) is 72.8 Å². The SMILES string of the molecule is CCCCCCCCCCCCCCCC(=O)N(C)[C@H](CO)C(=O)N[C@H](C)C(=O)CCC(=O)N(C)[C@@H]1C(=O)C[C@@H](CCCCC)C(=O)N[C@H](C)Cc2ccc(O)c(c2)-c2cc1ccc2O.CCCCCCCCCCCCCCCC(=O)N(C)[C@H](CO)C(=O)N[C@H](C)C(=O)CCC(=O)N(C)[C@@H]1C(=O)C[C@@H](CCCO)C(=O)N[C@H](C)Cc2ccc(O)c(c2)-c2cc1ccc2O. The molecule has 718 valence electrons. The molecule has 27 heteroatoms. The first-order valence-electron chi connectivity index (χ1n) is 48.2. The summed E-state index contributed by atoms with van der Waals surface area (Å²) in [6.07, 6.45) is 33.9. The average molecular weight is 1800 g/mol. The topological polar surface area (TPSA) is 408 Å². The average Bonchev–Trinajstić information content (AvgIpc) is 0.789. The highest BCUT2D eigenvalue weighted by Gasteiger charge is 2.38. The van der Waals surface area contributed by atoms with Crippen LogP contribution in [0.3, 0.4) is 0 Å². The van der Waals surface area contributed by atoms with E-state index < -0.39 is 108 Å². The van der Waals surface area contributed by atoms with Crippen LogP contribution in [0.2, 0.25) is 0 Å². The van der Waals surface area contributed by atoms with Crippen LogP contribution in [0, 0.1) is 11.8 Å². The van der Waals surface area contributed by atoms with Gasteiger partial charge in [-0.1, -0.05) is 218 Å². The molecule has 129 heavy (non-hydrogen) atoms. The summed E-state index contributed by atoms with van der Waals surface area (Å²) >= 11 is 0. The van der Waals surface area contributed by atoms with Gasteiger partial charge < -0.3 is 76.6 Å². The Hall–Kier alpha value is -9.60. The van der Waals surface area contributed by atoms with E-state index in [1.807, 2.05) is 13.8 Å².